The summed E-state index contributed by atoms with van der Waals surface area (Å²) in [6, 6.07) is 1.60. The molecule has 0 spiro atoms. The zero-order valence-electron chi connectivity index (χ0n) is 9.70. The van der Waals surface area contributed by atoms with Crippen molar-refractivity contribution in [3.05, 3.63) is 16.1 Å². The molecule has 2 saturated heterocycles. The molecule has 2 fully saturated rings. The first kappa shape index (κ1) is 10.7. The standard InChI is InChI=1S/C12H19N3S/c1-8-14-11(7-16-8)6-13-5-9-4-10-2-3-12(9)15-10/h7,9-10,12-13,15H,2-6H2,1H3. The lowest BCUT2D eigenvalue weighted by Gasteiger charge is -2.20. The maximum atomic E-state index is 4.46. The molecular formula is C12H19N3S. The summed E-state index contributed by atoms with van der Waals surface area (Å²) in [5.41, 5.74) is 1.19. The molecule has 88 valence electrons. The summed E-state index contributed by atoms with van der Waals surface area (Å²) in [4.78, 5) is 4.46. The Morgan fingerprint density at radius 2 is 2.50 bits per heavy atom. The van der Waals surface area contributed by atoms with E-state index < -0.39 is 0 Å². The van der Waals surface area contributed by atoms with Crippen molar-refractivity contribution in [2.45, 2.75) is 44.8 Å². The molecule has 3 unspecified atom stereocenters. The minimum Gasteiger partial charge on any atom is -0.311 e. The van der Waals surface area contributed by atoms with Gasteiger partial charge in [0.05, 0.1) is 10.7 Å². The van der Waals surface area contributed by atoms with E-state index in [1.54, 1.807) is 11.3 Å². The van der Waals surface area contributed by atoms with Crippen LogP contribution in [0.4, 0.5) is 0 Å². The number of aromatic nitrogens is 1. The molecule has 2 bridgehead atoms. The lowest BCUT2D eigenvalue weighted by atomic mass is 9.89. The van der Waals surface area contributed by atoms with Crippen LogP contribution in [0.25, 0.3) is 0 Å². The van der Waals surface area contributed by atoms with Gasteiger partial charge in [-0.15, -0.1) is 11.3 Å². The van der Waals surface area contributed by atoms with Gasteiger partial charge in [-0.25, -0.2) is 4.98 Å². The van der Waals surface area contributed by atoms with Crippen molar-refractivity contribution in [1.82, 2.24) is 15.6 Å². The molecule has 3 rings (SSSR count). The van der Waals surface area contributed by atoms with Crippen molar-refractivity contribution in [2.75, 3.05) is 6.54 Å². The Labute approximate surface area is 101 Å². The van der Waals surface area contributed by atoms with Gasteiger partial charge in [-0.1, -0.05) is 0 Å². The molecule has 2 N–H and O–H groups in total. The predicted molar refractivity (Wildman–Crippen MR) is 66.6 cm³/mol. The maximum Gasteiger partial charge on any atom is 0.0897 e. The highest BCUT2D eigenvalue weighted by Crippen LogP contribution is 2.32. The van der Waals surface area contributed by atoms with Gasteiger partial charge in [-0.3, -0.25) is 0 Å². The number of nitrogens with zero attached hydrogens (tertiary/aromatic N) is 1. The molecule has 1 aromatic rings. The largest absolute Gasteiger partial charge is 0.311 e. The molecule has 3 atom stereocenters. The summed E-state index contributed by atoms with van der Waals surface area (Å²) in [6.45, 7) is 4.14. The lowest BCUT2D eigenvalue weighted by Crippen LogP contribution is -2.31. The predicted octanol–water partition coefficient (Wildman–Crippen LogP) is 1.68. The van der Waals surface area contributed by atoms with Gasteiger partial charge in [0.2, 0.25) is 0 Å². The van der Waals surface area contributed by atoms with Crippen LogP contribution in [-0.4, -0.2) is 23.6 Å². The average molecular weight is 237 g/mol. The molecular weight excluding hydrogens is 218 g/mol. The minimum atomic E-state index is 0.787. The molecule has 0 radical (unpaired) electrons. The van der Waals surface area contributed by atoms with E-state index in [1.807, 2.05) is 0 Å². The summed E-state index contributed by atoms with van der Waals surface area (Å²) in [7, 11) is 0. The van der Waals surface area contributed by atoms with E-state index in [0.29, 0.717) is 0 Å². The van der Waals surface area contributed by atoms with Crippen molar-refractivity contribution in [3.8, 4) is 0 Å². The first-order valence-corrected chi connectivity index (χ1v) is 7.07. The Balaban J connectivity index is 1.44. The Kier molecular flexibility index (Phi) is 2.96. The summed E-state index contributed by atoms with van der Waals surface area (Å²) < 4.78 is 0. The maximum absolute atomic E-state index is 4.46. The fourth-order valence-electron chi connectivity index (χ4n) is 3.04. The third-order valence-corrected chi connectivity index (χ3v) is 4.63. The normalized spacial score (nSPS) is 32.4. The topological polar surface area (TPSA) is 37.0 Å². The zero-order valence-corrected chi connectivity index (χ0v) is 10.5. The van der Waals surface area contributed by atoms with Gasteiger partial charge in [-0.2, -0.15) is 0 Å². The molecule has 4 heteroatoms. The first-order valence-electron chi connectivity index (χ1n) is 6.19. The number of thiazole rings is 1. The molecule has 2 aliphatic rings. The highest BCUT2D eigenvalue weighted by molar-refractivity contribution is 7.09. The van der Waals surface area contributed by atoms with Crippen molar-refractivity contribution in [1.29, 1.82) is 0 Å². The van der Waals surface area contributed by atoms with E-state index in [1.165, 1.54) is 30.0 Å². The van der Waals surface area contributed by atoms with Crippen molar-refractivity contribution < 1.29 is 0 Å². The van der Waals surface area contributed by atoms with E-state index in [-0.39, 0.29) is 0 Å². The van der Waals surface area contributed by atoms with Crippen LogP contribution in [0.5, 0.6) is 0 Å². The monoisotopic (exact) mass is 237 g/mol. The molecule has 0 amide bonds. The van der Waals surface area contributed by atoms with Crippen LogP contribution in [0, 0.1) is 12.8 Å². The summed E-state index contributed by atoms with van der Waals surface area (Å²) in [6.07, 6.45) is 4.15. The van der Waals surface area contributed by atoms with Crippen LogP contribution in [0.15, 0.2) is 5.38 Å². The molecule has 2 aliphatic heterocycles. The van der Waals surface area contributed by atoms with Crippen molar-refractivity contribution in [2.24, 2.45) is 5.92 Å². The molecule has 0 aromatic carbocycles. The third kappa shape index (κ3) is 2.14. The van der Waals surface area contributed by atoms with Crippen LogP contribution in [0.2, 0.25) is 0 Å². The Hall–Kier alpha value is -0.450. The second kappa shape index (κ2) is 4.43. The van der Waals surface area contributed by atoms with Crippen LogP contribution in [0.1, 0.15) is 30.0 Å². The van der Waals surface area contributed by atoms with Gasteiger partial charge in [0.15, 0.2) is 0 Å². The van der Waals surface area contributed by atoms with Crippen LogP contribution in [0.3, 0.4) is 0 Å². The molecule has 0 aliphatic carbocycles. The average Bonchev–Trinajstić information content (AvgIpc) is 2.94. The zero-order chi connectivity index (χ0) is 11.0. The van der Waals surface area contributed by atoms with Gasteiger partial charge in [-0.05, 0) is 38.6 Å². The van der Waals surface area contributed by atoms with Crippen molar-refractivity contribution in [3.63, 3.8) is 0 Å². The highest BCUT2D eigenvalue weighted by atomic mass is 32.1. The van der Waals surface area contributed by atoms with Gasteiger partial charge >= 0.3 is 0 Å². The van der Waals surface area contributed by atoms with Crippen LogP contribution < -0.4 is 10.6 Å². The van der Waals surface area contributed by atoms with Crippen molar-refractivity contribution >= 4 is 11.3 Å². The number of hydrogen-bond donors (Lipinski definition) is 2. The van der Waals surface area contributed by atoms with Crippen LogP contribution >= 0.6 is 11.3 Å². The van der Waals surface area contributed by atoms with E-state index in [9.17, 15) is 0 Å². The number of fused-ring (bicyclic) bond motifs is 2. The smallest absolute Gasteiger partial charge is 0.0897 e. The number of hydrogen-bond acceptors (Lipinski definition) is 4. The molecule has 0 saturated carbocycles. The molecule has 1 aromatic heterocycles. The molecule has 3 heterocycles. The Morgan fingerprint density at radius 3 is 3.12 bits per heavy atom. The second-order valence-electron chi connectivity index (χ2n) is 5.03. The van der Waals surface area contributed by atoms with E-state index in [4.69, 9.17) is 0 Å². The van der Waals surface area contributed by atoms with Gasteiger partial charge in [0.25, 0.3) is 0 Å². The first-order chi connectivity index (χ1) is 7.81. The molecule has 16 heavy (non-hydrogen) atoms. The quantitative estimate of drug-likeness (QED) is 0.836. The Bertz CT molecular complexity index is 363. The minimum absolute atomic E-state index is 0.787. The lowest BCUT2D eigenvalue weighted by molar-refractivity contribution is 0.382. The SMILES string of the molecule is Cc1nc(CNCC2CC3CCC2N3)cs1. The molecule has 3 nitrogen and oxygen atoms in total. The summed E-state index contributed by atoms with van der Waals surface area (Å²) in [5.74, 6) is 0.846. The van der Waals surface area contributed by atoms with Gasteiger partial charge in [0, 0.05) is 24.0 Å². The van der Waals surface area contributed by atoms with E-state index >= 15 is 0 Å². The van der Waals surface area contributed by atoms with Gasteiger partial charge < -0.3 is 10.6 Å². The summed E-state index contributed by atoms with van der Waals surface area (Å²) in [5, 5.41) is 10.5. The fourth-order valence-corrected chi connectivity index (χ4v) is 3.65. The second-order valence-corrected chi connectivity index (χ2v) is 6.09. The number of rotatable bonds is 4. The third-order valence-electron chi connectivity index (χ3n) is 3.81. The highest BCUT2D eigenvalue weighted by Gasteiger charge is 2.38. The van der Waals surface area contributed by atoms with E-state index in [2.05, 4.69) is 27.9 Å². The van der Waals surface area contributed by atoms with Crippen LogP contribution in [-0.2, 0) is 6.54 Å². The fraction of sp³-hybridized carbons (Fsp3) is 0.750. The summed E-state index contributed by atoms with van der Waals surface area (Å²) >= 11 is 1.74. The number of nitrogens with one attached hydrogen (secondary N) is 2. The van der Waals surface area contributed by atoms with E-state index in [0.717, 1.165) is 31.1 Å². The Morgan fingerprint density at radius 1 is 1.56 bits per heavy atom. The number of aryl methyl sites for hydroxylation is 1. The van der Waals surface area contributed by atoms with Gasteiger partial charge in [0.1, 0.15) is 0 Å².